The van der Waals surface area contributed by atoms with E-state index in [0.717, 1.165) is 28.0 Å². The smallest absolute Gasteiger partial charge is 0.200 e. The van der Waals surface area contributed by atoms with E-state index in [1.54, 1.807) is 0 Å². The second kappa shape index (κ2) is 6.89. The lowest BCUT2D eigenvalue weighted by Gasteiger charge is -2.10. The van der Waals surface area contributed by atoms with Gasteiger partial charge in [0.15, 0.2) is 12.4 Å². The average Bonchev–Trinajstić information content (AvgIpc) is 2.49. The second-order valence-corrected chi connectivity index (χ2v) is 5.07. The van der Waals surface area contributed by atoms with Gasteiger partial charge in [-0.25, -0.2) is 0 Å². The van der Waals surface area contributed by atoms with Crippen LogP contribution in [0.4, 0.5) is 0 Å². The number of allylic oxidation sites excluding steroid dienone is 1. The van der Waals surface area contributed by atoms with E-state index in [1.807, 2.05) is 75.4 Å². The molecule has 2 aromatic carbocycles. The van der Waals surface area contributed by atoms with Crippen LogP contribution in [0.15, 0.2) is 48.5 Å². The predicted octanol–water partition coefficient (Wildman–Crippen LogP) is 4.60. The third kappa shape index (κ3) is 3.82. The second-order valence-electron chi connectivity index (χ2n) is 5.07. The van der Waals surface area contributed by atoms with Crippen LogP contribution >= 0.6 is 0 Å². The zero-order valence-corrected chi connectivity index (χ0v) is 12.7. The zero-order chi connectivity index (χ0) is 15.2. The Morgan fingerprint density at radius 1 is 1.14 bits per heavy atom. The van der Waals surface area contributed by atoms with Crippen LogP contribution in [0.2, 0.25) is 0 Å². The van der Waals surface area contributed by atoms with Crippen molar-refractivity contribution in [2.24, 2.45) is 0 Å². The van der Waals surface area contributed by atoms with Crippen LogP contribution in [-0.2, 0) is 0 Å². The molecule has 0 unspecified atom stereocenters. The number of Topliss-reactive ketones (excluding diaryl/α,β-unsaturated/α-hetero) is 1. The maximum atomic E-state index is 12.3. The summed E-state index contributed by atoms with van der Waals surface area (Å²) in [6.45, 7) is 5.94. The van der Waals surface area contributed by atoms with Gasteiger partial charge >= 0.3 is 0 Å². The van der Waals surface area contributed by atoms with Crippen LogP contribution in [-0.4, -0.2) is 12.4 Å². The molecule has 0 amide bonds. The predicted molar refractivity (Wildman–Crippen MR) is 86.9 cm³/mol. The highest BCUT2D eigenvalue weighted by atomic mass is 16.5. The Hall–Kier alpha value is -2.35. The number of aryl methyl sites for hydroxylation is 2. The van der Waals surface area contributed by atoms with Crippen molar-refractivity contribution in [3.8, 4) is 5.75 Å². The average molecular weight is 280 g/mol. The van der Waals surface area contributed by atoms with E-state index >= 15 is 0 Å². The number of para-hydroxylation sites is 1. The van der Waals surface area contributed by atoms with Gasteiger partial charge in [-0.3, -0.25) is 4.79 Å². The molecule has 2 heteroatoms. The SMILES string of the molecule is CC=Cc1ccccc1OCC(=O)c1cc(C)ccc1C. The van der Waals surface area contributed by atoms with Crippen LogP contribution in [0, 0.1) is 13.8 Å². The van der Waals surface area contributed by atoms with Gasteiger partial charge in [-0.15, -0.1) is 0 Å². The lowest BCUT2D eigenvalue weighted by Crippen LogP contribution is -2.13. The zero-order valence-electron chi connectivity index (χ0n) is 12.7. The summed E-state index contributed by atoms with van der Waals surface area (Å²) in [5.74, 6) is 0.737. The van der Waals surface area contributed by atoms with Crippen molar-refractivity contribution in [2.75, 3.05) is 6.61 Å². The van der Waals surface area contributed by atoms with Gasteiger partial charge in [-0.05, 0) is 38.5 Å². The van der Waals surface area contributed by atoms with Gasteiger partial charge in [-0.1, -0.05) is 48.0 Å². The molecular weight excluding hydrogens is 260 g/mol. The maximum absolute atomic E-state index is 12.3. The third-order valence-corrected chi connectivity index (χ3v) is 3.32. The third-order valence-electron chi connectivity index (χ3n) is 3.32. The molecule has 0 saturated carbocycles. The first-order valence-corrected chi connectivity index (χ1v) is 7.07. The first-order valence-electron chi connectivity index (χ1n) is 7.07. The minimum Gasteiger partial charge on any atom is -0.485 e. The van der Waals surface area contributed by atoms with Crippen LogP contribution in [0.1, 0.15) is 34.0 Å². The van der Waals surface area contributed by atoms with Crippen molar-refractivity contribution in [3.05, 3.63) is 70.8 Å². The van der Waals surface area contributed by atoms with Crippen LogP contribution in [0.25, 0.3) is 6.08 Å². The first-order chi connectivity index (χ1) is 10.1. The molecule has 0 spiro atoms. The van der Waals surface area contributed by atoms with Gasteiger partial charge < -0.3 is 4.74 Å². The van der Waals surface area contributed by atoms with Gasteiger partial charge in [0.1, 0.15) is 5.75 Å². The quantitative estimate of drug-likeness (QED) is 0.748. The molecule has 0 aliphatic carbocycles. The van der Waals surface area contributed by atoms with Gasteiger partial charge in [0.2, 0.25) is 0 Å². The normalized spacial score (nSPS) is 10.8. The number of carbonyl (C=O) groups excluding carboxylic acids is 1. The highest BCUT2D eigenvalue weighted by Gasteiger charge is 2.11. The molecule has 0 bridgehead atoms. The summed E-state index contributed by atoms with van der Waals surface area (Å²) in [5, 5.41) is 0. The fourth-order valence-electron chi connectivity index (χ4n) is 2.19. The molecule has 0 fully saturated rings. The fraction of sp³-hybridized carbons (Fsp3) is 0.211. The molecule has 108 valence electrons. The number of benzene rings is 2. The molecule has 0 aromatic heterocycles. The Morgan fingerprint density at radius 2 is 1.90 bits per heavy atom. The van der Waals surface area contributed by atoms with E-state index in [2.05, 4.69) is 0 Å². The molecule has 0 aliphatic heterocycles. The molecular formula is C19H20O2. The summed E-state index contributed by atoms with van der Waals surface area (Å²) in [7, 11) is 0. The monoisotopic (exact) mass is 280 g/mol. The van der Waals surface area contributed by atoms with Gasteiger partial charge in [0.25, 0.3) is 0 Å². The van der Waals surface area contributed by atoms with Crippen LogP contribution in [0.5, 0.6) is 5.75 Å². The maximum Gasteiger partial charge on any atom is 0.200 e. The lowest BCUT2D eigenvalue weighted by molar-refractivity contribution is 0.0920. The summed E-state index contributed by atoms with van der Waals surface area (Å²) in [6.07, 6.45) is 3.92. The molecule has 2 aromatic rings. The van der Waals surface area contributed by atoms with E-state index in [4.69, 9.17) is 4.74 Å². The number of ether oxygens (including phenoxy) is 1. The van der Waals surface area contributed by atoms with Crippen molar-refractivity contribution in [3.63, 3.8) is 0 Å². The summed E-state index contributed by atoms with van der Waals surface area (Å²) in [4.78, 5) is 12.3. The van der Waals surface area contributed by atoms with Crippen LogP contribution < -0.4 is 4.74 Å². The summed E-state index contributed by atoms with van der Waals surface area (Å²) in [6, 6.07) is 13.6. The van der Waals surface area contributed by atoms with E-state index < -0.39 is 0 Å². The van der Waals surface area contributed by atoms with Crippen LogP contribution in [0.3, 0.4) is 0 Å². The molecule has 0 saturated heterocycles. The standard InChI is InChI=1S/C19H20O2/c1-4-7-16-8-5-6-9-19(16)21-13-18(20)17-12-14(2)10-11-15(17)3/h4-12H,13H2,1-3H3. The van der Waals surface area contributed by atoms with E-state index in [0.29, 0.717) is 0 Å². The molecule has 2 nitrogen and oxygen atoms in total. The Bertz CT molecular complexity index is 669. The number of ketones is 1. The fourth-order valence-corrected chi connectivity index (χ4v) is 2.19. The molecule has 0 heterocycles. The van der Waals surface area contributed by atoms with Crippen molar-refractivity contribution >= 4 is 11.9 Å². The minimum absolute atomic E-state index is 0.00600. The number of carbonyl (C=O) groups is 1. The summed E-state index contributed by atoms with van der Waals surface area (Å²) in [5.41, 5.74) is 3.78. The highest BCUT2D eigenvalue weighted by Crippen LogP contribution is 2.20. The summed E-state index contributed by atoms with van der Waals surface area (Å²) >= 11 is 0. The number of rotatable bonds is 5. The largest absolute Gasteiger partial charge is 0.485 e. The topological polar surface area (TPSA) is 26.3 Å². The minimum atomic E-state index is 0.00600. The molecule has 0 N–H and O–H groups in total. The van der Waals surface area contributed by atoms with Crippen molar-refractivity contribution < 1.29 is 9.53 Å². The summed E-state index contributed by atoms with van der Waals surface area (Å²) < 4.78 is 5.70. The van der Waals surface area contributed by atoms with Gasteiger partial charge in [-0.2, -0.15) is 0 Å². The van der Waals surface area contributed by atoms with E-state index in [9.17, 15) is 4.79 Å². The Kier molecular flexibility index (Phi) is 4.94. The molecule has 0 radical (unpaired) electrons. The highest BCUT2D eigenvalue weighted by molar-refractivity contribution is 5.98. The number of hydrogen-bond donors (Lipinski definition) is 0. The van der Waals surface area contributed by atoms with Crippen molar-refractivity contribution in [1.82, 2.24) is 0 Å². The first kappa shape index (κ1) is 15.0. The van der Waals surface area contributed by atoms with E-state index in [1.165, 1.54) is 0 Å². The molecule has 0 atom stereocenters. The Morgan fingerprint density at radius 3 is 2.67 bits per heavy atom. The van der Waals surface area contributed by atoms with Crippen molar-refractivity contribution in [2.45, 2.75) is 20.8 Å². The Balaban J connectivity index is 2.13. The van der Waals surface area contributed by atoms with Gasteiger partial charge in [0.05, 0.1) is 0 Å². The van der Waals surface area contributed by atoms with E-state index in [-0.39, 0.29) is 12.4 Å². The van der Waals surface area contributed by atoms with Gasteiger partial charge in [0, 0.05) is 11.1 Å². The lowest BCUT2D eigenvalue weighted by atomic mass is 10.0. The molecule has 0 aliphatic rings. The Labute approximate surface area is 126 Å². The number of hydrogen-bond acceptors (Lipinski definition) is 2. The molecule has 2 rings (SSSR count). The molecule has 21 heavy (non-hydrogen) atoms. The van der Waals surface area contributed by atoms with Crippen molar-refractivity contribution in [1.29, 1.82) is 0 Å².